The molecular formula is C38H60N6O5. The van der Waals surface area contributed by atoms with Gasteiger partial charge >= 0.3 is 0 Å². The molecule has 0 aromatic rings. The first-order valence-corrected chi connectivity index (χ1v) is 18.4. The molecule has 4 aliphatic rings. The number of hydrogen-bond donors (Lipinski definition) is 2. The van der Waals surface area contributed by atoms with Gasteiger partial charge in [0.25, 0.3) is 0 Å². The van der Waals surface area contributed by atoms with E-state index >= 15 is 0 Å². The van der Waals surface area contributed by atoms with Gasteiger partial charge < -0.3 is 44.1 Å². The van der Waals surface area contributed by atoms with Crippen LogP contribution in [0.2, 0.25) is 0 Å². The first-order chi connectivity index (χ1) is 24.4. The normalized spacial score (nSPS) is 26.1. The van der Waals surface area contributed by atoms with E-state index in [4.69, 9.17) is 33.7 Å². The molecule has 0 amide bonds. The molecule has 49 heavy (non-hydrogen) atoms. The van der Waals surface area contributed by atoms with Crippen LogP contribution in [0.1, 0.15) is 25.7 Å². The first kappa shape index (κ1) is 38.9. The van der Waals surface area contributed by atoms with E-state index in [0.29, 0.717) is 66.1 Å². The molecule has 0 fully saturated rings. The summed E-state index contributed by atoms with van der Waals surface area (Å²) in [5, 5.41) is 7.35. The average molecular weight is 681 g/mol. The molecule has 0 spiro atoms. The van der Waals surface area contributed by atoms with Crippen molar-refractivity contribution in [2.24, 2.45) is 9.98 Å². The molecule has 0 saturated heterocycles. The number of fused-ring (bicyclic) bond motifs is 9. The summed E-state index contributed by atoms with van der Waals surface area (Å²) in [5.41, 5.74) is 4.20. The highest BCUT2D eigenvalue weighted by Crippen LogP contribution is 2.07. The highest BCUT2D eigenvalue weighted by Gasteiger charge is 2.11. The Morgan fingerprint density at radius 2 is 0.816 bits per heavy atom. The Hall–Kier alpha value is -2.90. The third-order valence-corrected chi connectivity index (χ3v) is 8.38. The van der Waals surface area contributed by atoms with E-state index < -0.39 is 0 Å². The van der Waals surface area contributed by atoms with Crippen LogP contribution in [-0.2, 0) is 23.7 Å². The third-order valence-electron chi connectivity index (χ3n) is 8.38. The van der Waals surface area contributed by atoms with Crippen molar-refractivity contribution in [3.8, 4) is 0 Å². The van der Waals surface area contributed by atoms with Crippen LogP contribution in [-0.4, -0.2) is 153 Å². The van der Waals surface area contributed by atoms with Gasteiger partial charge in [0.15, 0.2) is 0 Å². The van der Waals surface area contributed by atoms with Crippen molar-refractivity contribution in [2.45, 2.75) is 25.7 Å². The summed E-state index contributed by atoms with van der Waals surface area (Å²) in [5.74, 6) is 0. The minimum Gasteiger partial charge on any atom is -0.383 e. The number of allylic oxidation sites excluding steroid dienone is 10. The van der Waals surface area contributed by atoms with E-state index in [1.807, 2.05) is 0 Å². The average Bonchev–Trinajstić information content (AvgIpc) is 3.48. The fourth-order valence-electron chi connectivity index (χ4n) is 5.73. The molecule has 11 nitrogen and oxygen atoms in total. The van der Waals surface area contributed by atoms with Crippen LogP contribution < -0.4 is 10.6 Å². The van der Waals surface area contributed by atoms with Crippen LogP contribution in [0.3, 0.4) is 0 Å². The zero-order chi connectivity index (χ0) is 33.9. The minimum absolute atomic E-state index is 0.552. The van der Waals surface area contributed by atoms with Gasteiger partial charge in [0.2, 0.25) is 0 Å². The van der Waals surface area contributed by atoms with E-state index in [9.17, 15) is 0 Å². The molecule has 272 valence electrons. The predicted octanol–water partition coefficient (Wildman–Crippen LogP) is 3.34. The fourth-order valence-corrected chi connectivity index (χ4v) is 5.73. The van der Waals surface area contributed by atoms with Gasteiger partial charge in [-0.1, -0.05) is 36.5 Å². The summed E-state index contributed by atoms with van der Waals surface area (Å²) in [7, 11) is 0. The van der Waals surface area contributed by atoms with E-state index in [0.717, 1.165) is 114 Å². The lowest BCUT2D eigenvalue weighted by atomic mass is 10.2. The van der Waals surface area contributed by atoms with Gasteiger partial charge in [0.05, 0.1) is 88.9 Å². The van der Waals surface area contributed by atoms with Crippen molar-refractivity contribution in [3.05, 3.63) is 72.2 Å². The van der Waals surface area contributed by atoms with Gasteiger partial charge in [-0.15, -0.1) is 0 Å². The summed E-state index contributed by atoms with van der Waals surface area (Å²) in [4.78, 5) is 15.0. The van der Waals surface area contributed by atoms with Crippen molar-refractivity contribution in [1.82, 2.24) is 20.4 Å². The Morgan fingerprint density at radius 1 is 0.429 bits per heavy atom. The second-order valence-corrected chi connectivity index (χ2v) is 12.2. The Balaban J connectivity index is 1.45. The summed E-state index contributed by atoms with van der Waals surface area (Å²) < 4.78 is 28.9. The molecule has 0 aromatic carbocycles. The largest absolute Gasteiger partial charge is 0.383 e. The number of aliphatic imine (C=N–C) groups is 2. The van der Waals surface area contributed by atoms with Gasteiger partial charge in [-0.25, -0.2) is 0 Å². The molecule has 2 N–H and O–H groups in total. The van der Waals surface area contributed by atoms with E-state index in [2.05, 4.69) is 81.2 Å². The van der Waals surface area contributed by atoms with Crippen LogP contribution in [0.5, 0.6) is 0 Å². The zero-order valence-electron chi connectivity index (χ0n) is 29.6. The van der Waals surface area contributed by atoms with Gasteiger partial charge in [0.1, 0.15) is 0 Å². The quantitative estimate of drug-likeness (QED) is 0.399. The van der Waals surface area contributed by atoms with Crippen molar-refractivity contribution in [2.75, 3.05) is 132 Å². The second kappa shape index (κ2) is 26.0. The molecule has 2 unspecified atom stereocenters. The Kier molecular flexibility index (Phi) is 20.6. The highest BCUT2D eigenvalue weighted by atomic mass is 16.6. The second-order valence-electron chi connectivity index (χ2n) is 12.2. The third kappa shape index (κ3) is 17.5. The first-order valence-electron chi connectivity index (χ1n) is 18.4. The molecule has 0 aromatic heterocycles. The molecule has 0 radical (unpaired) electrons. The number of nitrogens with zero attached hydrogens (tertiary/aromatic N) is 4. The van der Waals surface area contributed by atoms with Gasteiger partial charge in [0, 0.05) is 39.3 Å². The smallest absolute Gasteiger partial charge is 0.0805 e. The van der Waals surface area contributed by atoms with Crippen LogP contribution in [0, 0.1) is 0 Å². The minimum atomic E-state index is 0.552. The number of ether oxygens (including phenoxy) is 5. The molecule has 2 aliphatic heterocycles. The Bertz CT molecular complexity index is 1070. The number of rotatable bonds is 0. The highest BCUT2D eigenvalue weighted by molar-refractivity contribution is 6.09. The summed E-state index contributed by atoms with van der Waals surface area (Å²) >= 11 is 0. The number of hydrogen-bond acceptors (Lipinski definition) is 11. The molecule has 2 aliphatic carbocycles. The lowest BCUT2D eigenvalue weighted by Gasteiger charge is -2.23. The maximum Gasteiger partial charge on any atom is 0.0805 e. The van der Waals surface area contributed by atoms with Crippen LogP contribution in [0.25, 0.3) is 0 Å². The monoisotopic (exact) mass is 680 g/mol. The van der Waals surface area contributed by atoms with Gasteiger partial charge in [-0.05, 0) is 76.2 Å². The lowest BCUT2D eigenvalue weighted by Crippen LogP contribution is -2.33. The lowest BCUT2D eigenvalue weighted by molar-refractivity contribution is -0.0133. The molecule has 2 heterocycles. The van der Waals surface area contributed by atoms with Crippen molar-refractivity contribution < 1.29 is 23.7 Å². The fraction of sp³-hybridized carbons (Fsp3) is 0.632. The molecule has 2 bridgehead atoms. The van der Waals surface area contributed by atoms with Crippen LogP contribution >= 0.6 is 0 Å². The van der Waals surface area contributed by atoms with Gasteiger partial charge in [-0.3, -0.25) is 9.98 Å². The molecular weight excluding hydrogens is 620 g/mol. The standard InChI is InChI=1S/C38H60N6O5/c1-3-11-35-36(12-4-1)40-16-8-20-44-22-10-18-42-38-14-6-2-5-13-37(38)41-17-9-21-43(19-7-15-39-35)23-25-45-27-29-47-31-33-49-34-32-48-30-28-46-26-24-44/h1-6,11-14,39,42H,7-10,15-34H2. The molecule has 4 rings (SSSR count). The van der Waals surface area contributed by atoms with Crippen molar-refractivity contribution in [3.63, 3.8) is 0 Å². The van der Waals surface area contributed by atoms with E-state index in [1.165, 1.54) is 0 Å². The summed E-state index contributed by atoms with van der Waals surface area (Å²) in [6.07, 6.45) is 24.9. The molecule has 0 saturated carbocycles. The van der Waals surface area contributed by atoms with Crippen molar-refractivity contribution >= 4 is 11.4 Å². The Morgan fingerprint density at radius 3 is 1.24 bits per heavy atom. The molecule has 2 atom stereocenters. The summed E-state index contributed by atoms with van der Waals surface area (Å²) in [6, 6.07) is 0. The maximum absolute atomic E-state index is 5.95. The van der Waals surface area contributed by atoms with Crippen molar-refractivity contribution in [1.29, 1.82) is 0 Å². The van der Waals surface area contributed by atoms with E-state index in [-0.39, 0.29) is 0 Å². The van der Waals surface area contributed by atoms with Gasteiger partial charge in [-0.2, -0.15) is 0 Å². The molecule has 11 heteroatoms. The van der Waals surface area contributed by atoms with Crippen LogP contribution in [0.15, 0.2) is 82.1 Å². The van der Waals surface area contributed by atoms with Crippen LogP contribution in [0.4, 0.5) is 0 Å². The Labute approximate surface area is 294 Å². The van der Waals surface area contributed by atoms with E-state index in [1.54, 1.807) is 0 Å². The maximum atomic E-state index is 5.95. The number of nitrogens with one attached hydrogen (secondary N) is 2. The zero-order valence-corrected chi connectivity index (χ0v) is 29.6. The topological polar surface area (TPSA) is 101 Å². The SMILES string of the molecule is C1=CC=C2NCCCN3CCCN=C4C=CC=CC=C4NCCCN(CCCN=C2C=C1)CCOCCOCCOCCOCCOCC3. The predicted molar refractivity (Wildman–Crippen MR) is 199 cm³/mol. The summed E-state index contributed by atoms with van der Waals surface area (Å²) in [6.45, 7) is 14.7.